The number of halogens is 2. The Morgan fingerprint density at radius 2 is 2.07 bits per heavy atom. The molecule has 0 N–H and O–H groups in total. The van der Waals surface area contributed by atoms with E-state index in [2.05, 4.69) is 20.9 Å². The van der Waals surface area contributed by atoms with Crippen molar-refractivity contribution in [3.05, 3.63) is 89.2 Å². The number of fused-ring (bicyclic) bond motifs is 1. The monoisotopic (exact) mass is 490 g/mol. The van der Waals surface area contributed by atoms with Crippen molar-refractivity contribution in [3.8, 4) is 0 Å². The summed E-state index contributed by atoms with van der Waals surface area (Å²) in [6.07, 6.45) is 1.62. The number of hydrogen-bond acceptors (Lipinski definition) is 6. The molecule has 1 aromatic carbocycles. The minimum absolute atomic E-state index is 0.184. The second-order valence-electron chi connectivity index (χ2n) is 6.50. The molecular formula is C21H16BrFN2O4S. The first-order valence-electron chi connectivity index (χ1n) is 9.09. The number of hydrogen-bond donors (Lipinski definition) is 0. The smallest absolute Gasteiger partial charge is 0.338 e. The maximum atomic E-state index is 13.5. The van der Waals surface area contributed by atoms with Crippen molar-refractivity contribution in [2.45, 2.75) is 19.9 Å². The van der Waals surface area contributed by atoms with Crippen LogP contribution in [0.5, 0.6) is 0 Å². The van der Waals surface area contributed by atoms with Gasteiger partial charge in [0.05, 0.1) is 28.5 Å². The van der Waals surface area contributed by atoms with Crippen molar-refractivity contribution >= 4 is 39.3 Å². The van der Waals surface area contributed by atoms with Gasteiger partial charge < -0.3 is 9.15 Å². The molecule has 0 saturated carbocycles. The van der Waals surface area contributed by atoms with Crippen LogP contribution in [0.15, 0.2) is 66.5 Å². The number of allylic oxidation sites excluding steroid dienone is 1. The Labute approximate surface area is 182 Å². The molecule has 2 aromatic heterocycles. The lowest BCUT2D eigenvalue weighted by Crippen LogP contribution is -2.39. The Bertz CT molecular complexity index is 1330. The zero-order valence-electron chi connectivity index (χ0n) is 16.0. The third-order valence-corrected chi connectivity index (χ3v) is 5.98. The first kappa shape index (κ1) is 20.5. The molecule has 30 heavy (non-hydrogen) atoms. The molecular weight excluding hydrogens is 475 g/mol. The topological polar surface area (TPSA) is 73.8 Å². The molecule has 0 spiro atoms. The van der Waals surface area contributed by atoms with Crippen LogP contribution in [0, 0.1) is 5.82 Å². The summed E-state index contributed by atoms with van der Waals surface area (Å²) in [6, 6.07) is 8.39. The summed E-state index contributed by atoms with van der Waals surface area (Å²) in [5.74, 6) is -0.461. The molecule has 1 aliphatic rings. The van der Waals surface area contributed by atoms with Gasteiger partial charge in [-0.15, -0.1) is 0 Å². The number of benzene rings is 1. The van der Waals surface area contributed by atoms with Gasteiger partial charge in [-0.05, 0) is 59.6 Å². The molecule has 9 heteroatoms. The van der Waals surface area contributed by atoms with Gasteiger partial charge in [-0.25, -0.2) is 14.2 Å². The van der Waals surface area contributed by atoms with Crippen molar-refractivity contribution in [3.63, 3.8) is 0 Å². The minimum atomic E-state index is -0.772. The van der Waals surface area contributed by atoms with Crippen molar-refractivity contribution in [2.75, 3.05) is 6.61 Å². The van der Waals surface area contributed by atoms with E-state index in [1.165, 1.54) is 28.0 Å². The largest absolute Gasteiger partial charge is 0.463 e. The van der Waals surface area contributed by atoms with Gasteiger partial charge in [-0.3, -0.25) is 9.36 Å². The van der Waals surface area contributed by atoms with Crippen molar-refractivity contribution in [1.29, 1.82) is 0 Å². The lowest BCUT2D eigenvalue weighted by atomic mass is 9.96. The SMILES string of the molecule is CCOC(=O)C1=C(C)N=c2sc(=Cc3ccc(Br)o3)c(=O)n2C1c1ccc(F)cc1. The first-order chi connectivity index (χ1) is 14.4. The molecule has 1 atom stereocenters. The summed E-state index contributed by atoms with van der Waals surface area (Å²) in [5.41, 5.74) is 0.969. The molecule has 0 radical (unpaired) electrons. The van der Waals surface area contributed by atoms with E-state index in [0.29, 0.717) is 31.0 Å². The van der Waals surface area contributed by atoms with E-state index in [0.717, 1.165) is 0 Å². The maximum Gasteiger partial charge on any atom is 0.338 e. The average Bonchev–Trinajstić information content (AvgIpc) is 3.24. The second-order valence-corrected chi connectivity index (χ2v) is 8.29. The van der Waals surface area contributed by atoms with Crippen LogP contribution >= 0.6 is 27.3 Å². The van der Waals surface area contributed by atoms with Crippen molar-refractivity contribution in [1.82, 2.24) is 4.57 Å². The van der Waals surface area contributed by atoms with Crippen molar-refractivity contribution < 1.29 is 18.3 Å². The van der Waals surface area contributed by atoms with E-state index >= 15 is 0 Å². The molecule has 0 amide bonds. The van der Waals surface area contributed by atoms with Crippen LogP contribution in [0.2, 0.25) is 0 Å². The predicted molar refractivity (Wildman–Crippen MR) is 113 cm³/mol. The van der Waals surface area contributed by atoms with Gasteiger partial charge in [0.1, 0.15) is 11.6 Å². The molecule has 0 aliphatic carbocycles. The highest BCUT2D eigenvalue weighted by molar-refractivity contribution is 9.10. The molecule has 4 rings (SSSR count). The molecule has 0 saturated heterocycles. The first-order valence-corrected chi connectivity index (χ1v) is 10.7. The predicted octanol–water partition coefficient (Wildman–Crippen LogP) is 3.29. The maximum absolute atomic E-state index is 13.5. The van der Waals surface area contributed by atoms with Crippen LogP contribution in [0.4, 0.5) is 4.39 Å². The molecule has 0 fully saturated rings. The summed E-state index contributed by atoms with van der Waals surface area (Å²) in [4.78, 5) is 30.9. The zero-order valence-corrected chi connectivity index (χ0v) is 18.4. The minimum Gasteiger partial charge on any atom is -0.463 e. The quantitative estimate of drug-likeness (QED) is 0.526. The second kappa shape index (κ2) is 8.16. The number of carbonyl (C=O) groups excluding carboxylic acids is 1. The summed E-state index contributed by atoms with van der Waals surface area (Å²) in [6.45, 7) is 3.59. The highest BCUT2D eigenvalue weighted by Crippen LogP contribution is 2.30. The van der Waals surface area contributed by atoms with E-state index < -0.39 is 17.8 Å². The molecule has 6 nitrogen and oxygen atoms in total. The van der Waals surface area contributed by atoms with Crippen LogP contribution in [0.1, 0.15) is 31.2 Å². The van der Waals surface area contributed by atoms with Crippen LogP contribution < -0.4 is 14.9 Å². The van der Waals surface area contributed by atoms with E-state index in [1.807, 2.05) is 0 Å². The molecule has 3 aromatic rings. The zero-order chi connectivity index (χ0) is 21.4. The Balaban J connectivity index is 1.96. The fraction of sp³-hybridized carbons (Fsp3) is 0.190. The number of thiazole rings is 1. The highest BCUT2D eigenvalue weighted by Gasteiger charge is 2.33. The number of aromatic nitrogens is 1. The van der Waals surface area contributed by atoms with Gasteiger partial charge in [0, 0.05) is 6.08 Å². The molecule has 0 bridgehead atoms. The van der Waals surface area contributed by atoms with Crippen LogP contribution in [-0.4, -0.2) is 17.1 Å². The summed E-state index contributed by atoms with van der Waals surface area (Å²) < 4.78 is 26.6. The molecule has 154 valence electrons. The molecule has 3 heterocycles. The Morgan fingerprint density at radius 1 is 1.33 bits per heavy atom. The number of nitrogens with zero attached hydrogens (tertiary/aromatic N) is 2. The van der Waals surface area contributed by atoms with E-state index in [4.69, 9.17) is 9.15 Å². The number of furan rings is 1. The lowest BCUT2D eigenvalue weighted by molar-refractivity contribution is -0.139. The number of ether oxygens (including phenoxy) is 1. The Morgan fingerprint density at radius 3 is 2.70 bits per heavy atom. The molecule has 1 unspecified atom stereocenters. The van der Waals surface area contributed by atoms with Gasteiger partial charge in [0.25, 0.3) is 5.56 Å². The van der Waals surface area contributed by atoms with E-state index in [9.17, 15) is 14.0 Å². The third-order valence-electron chi connectivity index (χ3n) is 4.57. The molecule has 1 aliphatic heterocycles. The van der Waals surface area contributed by atoms with Gasteiger partial charge in [0.15, 0.2) is 9.47 Å². The standard InChI is InChI=1S/C21H16BrFN2O4S/c1-3-28-20(27)17-11(2)24-21-25(18(17)12-4-6-13(23)7-5-12)19(26)15(30-21)10-14-8-9-16(22)29-14/h4-10,18H,3H2,1-2H3. The highest BCUT2D eigenvalue weighted by atomic mass is 79.9. The Kier molecular flexibility index (Phi) is 5.57. The van der Waals surface area contributed by atoms with Gasteiger partial charge in [-0.2, -0.15) is 0 Å². The Hall–Kier alpha value is -2.78. The van der Waals surface area contributed by atoms with Crippen LogP contribution in [-0.2, 0) is 9.53 Å². The third kappa shape index (κ3) is 3.70. The van der Waals surface area contributed by atoms with E-state index in [1.54, 1.807) is 44.2 Å². The average molecular weight is 491 g/mol. The van der Waals surface area contributed by atoms with Gasteiger partial charge in [0.2, 0.25) is 0 Å². The van der Waals surface area contributed by atoms with Gasteiger partial charge in [-0.1, -0.05) is 23.5 Å². The summed E-state index contributed by atoms with van der Waals surface area (Å²) >= 11 is 4.43. The lowest BCUT2D eigenvalue weighted by Gasteiger charge is -2.24. The fourth-order valence-corrected chi connectivity index (χ4v) is 4.63. The number of esters is 1. The number of rotatable bonds is 4. The number of carbonyl (C=O) groups is 1. The van der Waals surface area contributed by atoms with Crippen LogP contribution in [0.3, 0.4) is 0 Å². The van der Waals surface area contributed by atoms with Gasteiger partial charge >= 0.3 is 5.97 Å². The summed E-state index contributed by atoms with van der Waals surface area (Å²) in [7, 11) is 0. The fourth-order valence-electron chi connectivity index (χ4n) is 3.29. The van der Waals surface area contributed by atoms with Crippen molar-refractivity contribution in [2.24, 2.45) is 4.99 Å². The normalized spacial score (nSPS) is 16.4. The van der Waals surface area contributed by atoms with Crippen LogP contribution in [0.25, 0.3) is 6.08 Å². The summed E-state index contributed by atoms with van der Waals surface area (Å²) in [5, 5.41) is 0. The van der Waals surface area contributed by atoms with E-state index in [-0.39, 0.29) is 17.7 Å².